The van der Waals surface area contributed by atoms with Crippen molar-refractivity contribution in [3.05, 3.63) is 89.2 Å². The average Bonchev–Trinajstić information content (AvgIpc) is 3.37. The van der Waals surface area contributed by atoms with Crippen LogP contribution >= 0.6 is 0 Å². The molecule has 2 aromatic carbocycles. The van der Waals surface area contributed by atoms with E-state index < -0.39 is 5.91 Å². The van der Waals surface area contributed by atoms with Crippen molar-refractivity contribution in [2.45, 2.75) is 12.5 Å². The van der Waals surface area contributed by atoms with Crippen molar-refractivity contribution < 1.29 is 24.2 Å². The number of carbonyl (C=O) groups excluding carboxylic acids is 3. The minimum atomic E-state index is -0.636. The monoisotopic (exact) mass is 462 g/mol. The molecule has 2 amide bonds. The Balaban J connectivity index is 0.000000202. The molecule has 9 nitrogen and oxygen atoms in total. The molecule has 5 N–H and O–H groups in total. The van der Waals surface area contributed by atoms with Gasteiger partial charge in [0.25, 0.3) is 11.8 Å². The van der Waals surface area contributed by atoms with E-state index in [9.17, 15) is 19.5 Å². The molecule has 1 saturated heterocycles. The van der Waals surface area contributed by atoms with Crippen LogP contribution in [0, 0.1) is 0 Å². The number of hydrogen-bond donors (Lipinski definition) is 4. The van der Waals surface area contributed by atoms with Crippen molar-refractivity contribution in [2.24, 2.45) is 5.73 Å². The Kier molecular flexibility index (Phi) is 8.31. The molecule has 176 valence electrons. The van der Waals surface area contributed by atoms with Crippen LogP contribution in [0.3, 0.4) is 0 Å². The highest BCUT2D eigenvalue weighted by atomic mass is 16.5. The highest BCUT2D eigenvalue weighted by molar-refractivity contribution is 6.11. The molecule has 3 aromatic rings. The zero-order valence-electron chi connectivity index (χ0n) is 18.7. The Morgan fingerprint density at radius 3 is 2.41 bits per heavy atom. The normalized spacial score (nSPS) is 14.4. The number of ether oxygens (including phenoxy) is 1. The lowest BCUT2D eigenvalue weighted by Gasteiger charge is -2.10. The Bertz CT molecular complexity index is 1160. The number of hydrogen-bond acceptors (Lipinski definition) is 7. The van der Waals surface area contributed by atoms with E-state index in [1.54, 1.807) is 36.7 Å². The summed E-state index contributed by atoms with van der Waals surface area (Å²) < 4.78 is 5.05. The maximum Gasteiger partial charge on any atom is 0.252 e. The van der Waals surface area contributed by atoms with Crippen molar-refractivity contribution in [3.8, 4) is 11.5 Å². The Morgan fingerprint density at radius 2 is 1.79 bits per heavy atom. The van der Waals surface area contributed by atoms with Crippen LogP contribution in [0.2, 0.25) is 0 Å². The van der Waals surface area contributed by atoms with Gasteiger partial charge in [-0.1, -0.05) is 12.1 Å². The maximum absolute atomic E-state index is 12.3. The van der Waals surface area contributed by atoms with Gasteiger partial charge in [0.2, 0.25) is 0 Å². The van der Waals surface area contributed by atoms with Crippen molar-refractivity contribution in [3.63, 3.8) is 0 Å². The number of methoxy groups -OCH3 is 1. The lowest BCUT2D eigenvalue weighted by Crippen LogP contribution is -2.36. The number of amides is 2. The number of nitrogens with one attached hydrogen (secondary N) is 2. The molecule has 1 unspecified atom stereocenters. The van der Waals surface area contributed by atoms with Gasteiger partial charge in [0, 0.05) is 36.1 Å². The minimum absolute atomic E-state index is 0.0129. The molecule has 1 aliphatic rings. The fourth-order valence-corrected chi connectivity index (χ4v) is 3.41. The first-order chi connectivity index (χ1) is 16.4. The Morgan fingerprint density at radius 1 is 1.06 bits per heavy atom. The molecule has 0 spiro atoms. The van der Waals surface area contributed by atoms with Gasteiger partial charge in [-0.2, -0.15) is 0 Å². The summed E-state index contributed by atoms with van der Waals surface area (Å²) in [5.41, 5.74) is 6.56. The summed E-state index contributed by atoms with van der Waals surface area (Å²) in [5, 5.41) is 15.9. The SMILES string of the molecule is COc1cc(C(=O)c2ccccc2O)ccc1C(N)=O.O=C(NC1CCNC1)c1ccncc1. The van der Waals surface area contributed by atoms with Gasteiger partial charge >= 0.3 is 0 Å². The summed E-state index contributed by atoms with van der Waals surface area (Å²) in [7, 11) is 1.38. The predicted molar refractivity (Wildman–Crippen MR) is 126 cm³/mol. The second-order valence-electron chi connectivity index (χ2n) is 7.52. The second-order valence-corrected chi connectivity index (χ2v) is 7.52. The van der Waals surface area contributed by atoms with E-state index in [-0.39, 0.29) is 40.4 Å². The lowest BCUT2D eigenvalue weighted by atomic mass is 10.0. The summed E-state index contributed by atoms with van der Waals surface area (Å²) >= 11 is 0. The van der Waals surface area contributed by atoms with Crippen molar-refractivity contribution in [1.82, 2.24) is 15.6 Å². The van der Waals surface area contributed by atoms with Gasteiger partial charge < -0.3 is 26.2 Å². The van der Waals surface area contributed by atoms with Crippen LogP contribution in [-0.2, 0) is 0 Å². The third kappa shape index (κ3) is 6.17. The van der Waals surface area contributed by atoms with Crippen molar-refractivity contribution in [2.75, 3.05) is 20.2 Å². The van der Waals surface area contributed by atoms with E-state index in [1.165, 1.54) is 37.4 Å². The van der Waals surface area contributed by atoms with E-state index in [0.29, 0.717) is 11.1 Å². The molecular weight excluding hydrogens is 436 g/mol. The molecule has 1 aliphatic heterocycles. The number of para-hydroxylation sites is 1. The van der Waals surface area contributed by atoms with Crippen LogP contribution in [0.4, 0.5) is 0 Å². The number of benzene rings is 2. The highest BCUT2D eigenvalue weighted by Crippen LogP contribution is 2.24. The molecule has 0 bridgehead atoms. The lowest BCUT2D eigenvalue weighted by molar-refractivity contribution is 0.0938. The molecule has 1 fully saturated rings. The first-order valence-corrected chi connectivity index (χ1v) is 10.6. The first kappa shape index (κ1) is 24.4. The number of nitrogens with two attached hydrogens (primary N) is 1. The number of nitrogens with zero attached hydrogens (tertiary/aromatic N) is 1. The molecule has 0 aliphatic carbocycles. The topological polar surface area (TPSA) is 144 Å². The van der Waals surface area contributed by atoms with E-state index in [2.05, 4.69) is 15.6 Å². The van der Waals surface area contributed by atoms with E-state index in [4.69, 9.17) is 10.5 Å². The molecule has 2 heterocycles. The fourth-order valence-electron chi connectivity index (χ4n) is 3.41. The summed E-state index contributed by atoms with van der Waals surface area (Å²) in [4.78, 5) is 39.0. The molecule has 0 radical (unpaired) electrons. The average molecular weight is 463 g/mol. The van der Waals surface area contributed by atoms with Gasteiger partial charge in [0.1, 0.15) is 11.5 Å². The van der Waals surface area contributed by atoms with Gasteiger partial charge in [0.05, 0.1) is 18.2 Å². The van der Waals surface area contributed by atoms with Crippen LogP contribution in [-0.4, -0.2) is 53.9 Å². The summed E-state index contributed by atoms with van der Waals surface area (Å²) in [6.07, 6.45) is 4.26. The third-order valence-electron chi connectivity index (χ3n) is 5.22. The Labute approximate surface area is 197 Å². The summed E-state index contributed by atoms with van der Waals surface area (Å²) in [6, 6.07) is 14.3. The van der Waals surface area contributed by atoms with Crippen LogP contribution in [0.1, 0.15) is 43.1 Å². The van der Waals surface area contributed by atoms with Crippen LogP contribution in [0.15, 0.2) is 67.0 Å². The highest BCUT2D eigenvalue weighted by Gasteiger charge is 2.18. The number of phenols is 1. The number of aromatic nitrogens is 1. The quantitative estimate of drug-likeness (QED) is 0.410. The number of ketones is 1. The zero-order valence-corrected chi connectivity index (χ0v) is 18.7. The molecule has 9 heteroatoms. The second kappa shape index (κ2) is 11.6. The number of primary amides is 1. The molecule has 34 heavy (non-hydrogen) atoms. The molecule has 0 saturated carbocycles. The maximum atomic E-state index is 12.3. The molecule has 4 rings (SSSR count). The van der Waals surface area contributed by atoms with Gasteiger partial charge in [-0.25, -0.2) is 0 Å². The van der Waals surface area contributed by atoms with Crippen LogP contribution in [0.5, 0.6) is 11.5 Å². The number of pyridine rings is 1. The van der Waals surface area contributed by atoms with Gasteiger partial charge in [-0.15, -0.1) is 0 Å². The summed E-state index contributed by atoms with van der Waals surface area (Å²) in [6.45, 7) is 1.86. The van der Waals surface area contributed by atoms with Crippen molar-refractivity contribution in [1.29, 1.82) is 0 Å². The number of carbonyl (C=O) groups is 3. The van der Waals surface area contributed by atoms with E-state index >= 15 is 0 Å². The smallest absolute Gasteiger partial charge is 0.252 e. The molecular formula is C25H26N4O5. The van der Waals surface area contributed by atoms with Gasteiger partial charge in [-0.05, 0) is 55.4 Å². The Hall–Kier alpha value is -4.24. The largest absolute Gasteiger partial charge is 0.507 e. The van der Waals surface area contributed by atoms with E-state index in [1.807, 2.05) is 0 Å². The van der Waals surface area contributed by atoms with Gasteiger partial charge in [0.15, 0.2) is 5.78 Å². The number of rotatable bonds is 6. The van der Waals surface area contributed by atoms with Gasteiger partial charge in [-0.3, -0.25) is 19.4 Å². The number of phenolic OH excluding ortho intramolecular Hbond substituents is 1. The van der Waals surface area contributed by atoms with Crippen LogP contribution < -0.4 is 21.1 Å². The first-order valence-electron chi connectivity index (χ1n) is 10.6. The third-order valence-corrected chi connectivity index (χ3v) is 5.22. The fraction of sp³-hybridized carbons (Fsp3) is 0.200. The standard InChI is InChI=1S/C15H13NO4.C10H13N3O/c1-20-13-8-9(6-7-11(13)15(16)19)14(18)10-4-2-3-5-12(10)17;14-10(8-1-4-11-5-2-8)13-9-3-6-12-7-9/h2-8,17H,1H3,(H2,16,19);1-2,4-5,9,12H,3,6-7H2,(H,13,14). The zero-order chi connectivity index (χ0) is 24.5. The van der Waals surface area contributed by atoms with Crippen molar-refractivity contribution >= 4 is 17.6 Å². The number of aromatic hydroxyl groups is 1. The van der Waals surface area contributed by atoms with Crippen LogP contribution in [0.25, 0.3) is 0 Å². The van der Waals surface area contributed by atoms with E-state index in [0.717, 1.165) is 19.5 Å². The molecule has 1 aromatic heterocycles. The minimum Gasteiger partial charge on any atom is -0.507 e. The molecule has 1 atom stereocenters. The summed E-state index contributed by atoms with van der Waals surface area (Å²) in [5.74, 6) is -0.892. The predicted octanol–water partition coefficient (Wildman–Crippen LogP) is 1.90.